The van der Waals surface area contributed by atoms with Crippen LogP contribution in [0.4, 0.5) is 5.69 Å². The Morgan fingerprint density at radius 1 is 1.03 bits per heavy atom. The lowest BCUT2D eigenvalue weighted by molar-refractivity contribution is -0.496. The van der Waals surface area contributed by atoms with E-state index in [1.165, 1.54) is 0 Å². The number of nitrogens with one attached hydrogen (secondary N) is 2. The highest BCUT2D eigenvalue weighted by atomic mass is 16.4. The molecule has 1 aliphatic carbocycles. The van der Waals surface area contributed by atoms with Gasteiger partial charge in [0, 0.05) is 40.9 Å². The highest BCUT2D eigenvalue weighted by Crippen LogP contribution is 2.41. The average molecular weight is 387 g/mol. The van der Waals surface area contributed by atoms with Crippen molar-refractivity contribution >= 4 is 22.6 Å². The van der Waals surface area contributed by atoms with Crippen LogP contribution in [0.3, 0.4) is 0 Å². The molecule has 0 saturated carbocycles. The van der Waals surface area contributed by atoms with Gasteiger partial charge in [-0.25, -0.2) is 9.79 Å². The topological polar surface area (TPSA) is 76.4 Å². The molecule has 1 heterocycles. The molecule has 3 N–H and O–H groups in total. The second-order valence-corrected chi connectivity index (χ2v) is 6.81. The fourth-order valence-corrected chi connectivity index (χ4v) is 3.70. The molecule has 2 aromatic carbocycles. The number of hydrogen-bond donors (Lipinski definition) is 3. The van der Waals surface area contributed by atoms with Crippen LogP contribution in [0.15, 0.2) is 65.1 Å². The fourth-order valence-electron chi connectivity index (χ4n) is 3.70. The monoisotopic (exact) mass is 387 g/mol. The highest BCUT2D eigenvalue weighted by molar-refractivity contribution is 6.07. The van der Waals surface area contributed by atoms with E-state index in [9.17, 15) is 9.90 Å². The lowest BCUT2D eigenvalue weighted by Crippen LogP contribution is -2.75. The smallest absolute Gasteiger partial charge is 0.336 e. The Morgan fingerprint density at radius 3 is 2.62 bits per heavy atom. The molecule has 5 nitrogen and oxygen atoms in total. The van der Waals surface area contributed by atoms with E-state index in [0.29, 0.717) is 16.9 Å². The first-order valence-electron chi connectivity index (χ1n) is 9.76. The third kappa shape index (κ3) is 3.47. The summed E-state index contributed by atoms with van der Waals surface area (Å²) in [5, 5.41) is 14.9. The number of carboxylic acid groups (broad SMARTS) is 1. The standard InChI is InChI=1S/C24H22N2O3/c1-3-25-15-9-11-19-21(13-15)29-22-14-16(26-4-2)10-12-20(22)23(19)17-7-5-6-8-18(17)24(27)28/h5-14,25H,3-4H2,1-2H3,(H,27,28)/p+1. The van der Waals surface area contributed by atoms with Gasteiger partial charge in [0.05, 0.1) is 11.6 Å². The zero-order chi connectivity index (χ0) is 20.4. The van der Waals surface area contributed by atoms with Crippen LogP contribution in [0.2, 0.25) is 0 Å². The van der Waals surface area contributed by atoms with Crippen LogP contribution < -0.4 is 15.7 Å². The van der Waals surface area contributed by atoms with E-state index < -0.39 is 5.97 Å². The summed E-state index contributed by atoms with van der Waals surface area (Å²) in [5.41, 5.74) is 4.36. The molecule has 146 valence electrons. The normalized spacial score (nSPS) is 11.9. The molecule has 5 heteroatoms. The molecule has 0 fully saturated rings. The van der Waals surface area contributed by atoms with Gasteiger partial charge < -0.3 is 14.8 Å². The molecular weight excluding hydrogens is 364 g/mol. The first-order valence-corrected chi connectivity index (χ1v) is 9.76. The van der Waals surface area contributed by atoms with Gasteiger partial charge in [-0.2, -0.15) is 0 Å². The van der Waals surface area contributed by atoms with E-state index in [0.717, 1.165) is 40.6 Å². The minimum atomic E-state index is -0.948. The number of hydrogen-bond acceptors (Lipinski definition) is 3. The Kier molecular flexibility index (Phi) is 5.04. The van der Waals surface area contributed by atoms with Gasteiger partial charge >= 0.3 is 5.97 Å². The molecule has 1 aliphatic heterocycles. The molecule has 0 spiro atoms. The summed E-state index contributed by atoms with van der Waals surface area (Å²) in [5.74, 6) is -0.240. The largest absolute Gasteiger partial charge is 0.478 e. The number of aromatic carboxylic acids is 1. The lowest BCUT2D eigenvalue weighted by Gasteiger charge is -2.17. The Balaban J connectivity index is 2.13. The Labute approximate surface area is 168 Å². The van der Waals surface area contributed by atoms with Crippen molar-refractivity contribution in [3.63, 3.8) is 0 Å². The molecule has 0 unspecified atom stereocenters. The molecule has 29 heavy (non-hydrogen) atoms. The van der Waals surface area contributed by atoms with Crippen molar-refractivity contribution in [3.05, 3.63) is 71.6 Å². The average Bonchev–Trinajstić information content (AvgIpc) is 2.72. The first kappa shape index (κ1) is 18.7. The molecule has 0 radical (unpaired) electrons. The van der Waals surface area contributed by atoms with Crippen molar-refractivity contribution < 1.29 is 19.3 Å². The molecule has 0 atom stereocenters. The van der Waals surface area contributed by atoms with Crippen molar-refractivity contribution in [2.45, 2.75) is 13.8 Å². The highest BCUT2D eigenvalue weighted by Gasteiger charge is 2.21. The summed E-state index contributed by atoms with van der Waals surface area (Å²) < 4.78 is 6.26. The van der Waals surface area contributed by atoms with Crippen LogP contribution in [0.1, 0.15) is 24.2 Å². The summed E-state index contributed by atoms with van der Waals surface area (Å²) in [6.45, 7) is 5.69. The SMILES string of the molecule is CCNc1ccc2c(-c3ccccc3C(=O)O)c3ccc(=[NH+]CC)cc-3oc2c1. The lowest BCUT2D eigenvalue weighted by atomic mass is 9.90. The molecule has 0 amide bonds. The maximum Gasteiger partial charge on any atom is 0.336 e. The molecule has 0 bridgehead atoms. The molecule has 0 saturated heterocycles. The quantitative estimate of drug-likeness (QED) is 0.459. The van der Waals surface area contributed by atoms with Gasteiger partial charge in [0.15, 0.2) is 0 Å². The summed E-state index contributed by atoms with van der Waals surface area (Å²) in [6, 6.07) is 19.0. The Hall–Kier alpha value is -3.60. The van der Waals surface area contributed by atoms with Gasteiger partial charge in [0.25, 0.3) is 0 Å². The van der Waals surface area contributed by atoms with E-state index in [2.05, 4.69) is 10.3 Å². The van der Waals surface area contributed by atoms with Gasteiger partial charge in [-0.05, 0) is 43.7 Å². The van der Waals surface area contributed by atoms with Crippen molar-refractivity contribution in [2.24, 2.45) is 0 Å². The number of carboxylic acids is 1. The predicted octanol–water partition coefficient (Wildman–Crippen LogP) is 3.34. The maximum atomic E-state index is 11.9. The summed E-state index contributed by atoms with van der Waals surface area (Å²) in [7, 11) is 0. The van der Waals surface area contributed by atoms with Crippen LogP contribution in [0.25, 0.3) is 33.4 Å². The Bertz CT molecular complexity index is 1240. The van der Waals surface area contributed by atoms with E-state index in [-0.39, 0.29) is 5.56 Å². The number of fused-ring (bicyclic) bond motifs is 2. The second-order valence-electron chi connectivity index (χ2n) is 6.81. The van der Waals surface area contributed by atoms with E-state index >= 15 is 0 Å². The van der Waals surface area contributed by atoms with E-state index in [1.807, 2.05) is 62.4 Å². The zero-order valence-corrected chi connectivity index (χ0v) is 16.5. The summed E-state index contributed by atoms with van der Waals surface area (Å²) in [4.78, 5) is 15.2. The van der Waals surface area contributed by atoms with Crippen LogP contribution in [0, 0.1) is 0 Å². The van der Waals surface area contributed by atoms with Crippen molar-refractivity contribution in [3.8, 4) is 22.5 Å². The molecular formula is C24H23N2O3+. The third-order valence-electron chi connectivity index (χ3n) is 4.91. The zero-order valence-electron chi connectivity index (χ0n) is 16.5. The number of rotatable bonds is 5. The summed E-state index contributed by atoms with van der Waals surface area (Å²) >= 11 is 0. The molecule has 2 aliphatic rings. The fraction of sp³-hybridized carbons (Fsp3) is 0.167. The van der Waals surface area contributed by atoms with Crippen LogP contribution in [0.5, 0.6) is 0 Å². The van der Waals surface area contributed by atoms with E-state index in [1.54, 1.807) is 12.1 Å². The summed E-state index contributed by atoms with van der Waals surface area (Å²) in [6.07, 6.45) is 0. The Morgan fingerprint density at radius 2 is 1.86 bits per heavy atom. The third-order valence-corrected chi connectivity index (χ3v) is 4.91. The number of carbonyl (C=O) groups is 1. The molecule has 4 rings (SSSR count). The maximum absolute atomic E-state index is 11.9. The van der Waals surface area contributed by atoms with Crippen LogP contribution >= 0.6 is 0 Å². The van der Waals surface area contributed by atoms with Crippen molar-refractivity contribution in [1.29, 1.82) is 0 Å². The van der Waals surface area contributed by atoms with Crippen LogP contribution in [-0.2, 0) is 0 Å². The van der Waals surface area contributed by atoms with Gasteiger partial charge in [-0.1, -0.05) is 18.2 Å². The van der Waals surface area contributed by atoms with Crippen LogP contribution in [-0.4, -0.2) is 24.2 Å². The predicted molar refractivity (Wildman–Crippen MR) is 114 cm³/mol. The molecule has 0 aromatic heterocycles. The van der Waals surface area contributed by atoms with Gasteiger partial charge in [-0.15, -0.1) is 0 Å². The second kappa shape index (κ2) is 7.80. The molecule has 2 aromatic rings. The van der Waals surface area contributed by atoms with Gasteiger partial charge in [0.2, 0.25) is 5.36 Å². The van der Waals surface area contributed by atoms with Gasteiger partial charge in [-0.3, -0.25) is 0 Å². The number of anilines is 1. The van der Waals surface area contributed by atoms with Crippen molar-refractivity contribution in [2.75, 3.05) is 18.4 Å². The van der Waals surface area contributed by atoms with Crippen molar-refractivity contribution in [1.82, 2.24) is 0 Å². The number of benzene rings is 3. The first-order chi connectivity index (χ1) is 14.1. The van der Waals surface area contributed by atoms with Gasteiger partial charge in [0.1, 0.15) is 17.9 Å². The van der Waals surface area contributed by atoms with E-state index in [4.69, 9.17) is 4.42 Å². The minimum Gasteiger partial charge on any atom is -0.478 e. The minimum absolute atomic E-state index is 0.271.